The summed E-state index contributed by atoms with van der Waals surface area (Å²) >= 11 is 5.10. The molecule has 0 radical (unpaired) electrons. The highest BCUT2D eigenvalue weighted by Crippen LogP contribution is 2.47. The minimum absolute atomic E-state index is 0.214. The Kier molecular flexibility index (Phi) is 6.97. The van der Waals surface area contributed by atoms with Crippen LogP contribution < -0.4 is 5.48 Å². The number of carbonyl (C=O) groups excluding carboxylic acids is 1. The summed E-state index contributed by atoms with van der Waals surface area (Å²) in [5, 5.41) is 0. The average Bonchev–Trinajstić information content (AvgIpc) is 2.54. The van der Waals surface area contributed by atoms with Crippen LogP contribution in [0.15, 0.2) is 60.7 Å². The molecule has 2 N–H and O–H groups in total. The lowest BCUT2D eigenvalue weighted by Crippen LogP contribution is -2.39. The molecule has 6 nitrogen and oxygen atoms in total. The molecule has 0 saturated carbocycles. The topological polar surface area (TPSA) is 84.9 Å². The van der Waals surface area contributed by atoms with Gasteiger partial charge in [0.05, 0.1) is 6.61 Å². The summed E-state index contributed by atoms with van der Waals surface area (Å²) < 4.78 is 15.5. The van der Waals surface area contributed by atoms with Crippen molar-refractivity contribution in [3.05, 3.63) is 71.8 Å². The molecule has 2 atom stereocenters. The molecule has 0 heterocycles. The third-order valence-corrected chi connectivity index (χ3v) is 3.69. The lowest BCUT2D eigenvalue weighted by Gasteiger charge is -2.17. The fraction of sp³-hybridized carbons (Fsp3) is 0.188. The molecule has 0 fully saturated rings. The van der Waals surface area contributed by atoms with Crippen LogP contribution in [0.2, 0.25) is 0 Å². The smallest absolute Gasteiger partial charge is 0.379 e. The third-order valence-electron chi connectivity index (χ3n) is 3.08. The summed E-state index contributed by atoms with van der Waals surface area (Å²) in [6.45, 7) is -4.22. The van der Waals surface area contributed by atoms with Crippen molar-refractivity contribution in [2.45, 2.75) is 19.1 Å². The summed E-state index contributed by atoms with van der Waals surface area (Å²) in [7, 11) is 0. The monoisotopic (exact) mass is 369 g/mol. The van der Waals surface area contributed by atoms with Gasteiger partial charge in [0.25, 0.3) is 0 Å². The Morgan fingerprint density at radius 2 is 1.62 bits per heavy atom. The minimum atomic E-state index is -4.44. The van der Waals surface area contributed by atoms with Gasteiger partial charge in [-0.05, 0) is 11.1 Å². The predicted octanol–water partition coefficient (Wildman–Crippen LogP) is 3.20. The lowest BCUT2D eigenvalue weighted by atomic mass is 10.1. The molecular weight excluding hydrogens is 353 g/mol. The van der Waals surface area contributed by atoms with Gasteiger partial charge in [-0.25, -0.2) is 9.36 Å². The fourth-order valence-corrected chi connectivity index (χ4v) is 2.55. The molecule has 0 saturated heterocycles. The summed E-state index contributed by atoms with van der Waals surface area (Å²) in [5.41, 5.74) is 4.31. The number of rotatable bonds is 8. The first-order valence-electron chi connectivity index (χ1n) is 7.15. The van der Waals surface area contributed by atoms with Crippen LogP contribution in [-0.4, -0.2) is 16.9 Å². The molecule has 0 aromatic heterocycles. The van der Waals surface area contributed by atoms with Crippen molar-refractivity contribution in [1.29, 1.82) is 0 Å². The molecule has 0 aliphatic carbocycles. The summed E-state index contributed by atoms with van der Waals surface area (Å²) in [5.74, 6) is -0.965. The Morgan fingerprint density at radius 3 is 2.17 bits per heavy atom. The van der Waals surface area contributed by atoms with Gasteiger partial charge in [0, 0.05) is 17.7 Å². The van der Waals surface area contributed by atoms with E-state index in [1.807, 2.05) is 60.7 Å². The molecular formula is C16H17ClNO5P. The number of hydrogen-bond acceptors (Lipinski definition) is 5. The van der Waals surface area contributed by atoms with E-state index in [-0.39, 0.29) is 13.0 Å². The second-order valence-electron chi connectivity index (χ2n) is 5.00. The molecule has 2 unspecified atom stereocenters. The first kappa shape index (κ1) is 18.6. The molecule has 8 heteroatoms. The zero-order valence-electron chi connectivity index (χ0n) is 12.7. The Balaban J connectivity index is 1.99. The van der Waals surface area contributed by atoms with Gasteiger partial charge in [0.2, 0.25) is 0 Å². The first-order valence-corrected chi connectivity index (χ1v) is 9.63. The molecule has 2 aromatic rings. The molecule has 24 heavy (non-hydrogen) atoms. The van der Waals surface area contributed by atoms with E-state index >= 15 is 0 Å². The lowest BCUT2D eigenvalue weighted by molar-refractivity contribution is -0.142. The molecule has 128 valence electrons. The zero-order chi connectivity index (χ0) is 17.4. The Hall–Kier alpha value is -1.69. The largest absolute Gasteiger partial charge is 0.476 e. The second kappa shape index (κ2) is 8.97. The third kappa shape index (κ3) is 6.83. The van der Waals surface area contributed by atoms with Gasteiger partial charge in [-0.2, -0.15) is 5.48 Å². The highest BCUT2D eigenvalue weighted by atomic mass is 35.7. The van der Waals surface area contributed by atoms with Crippen LogP contribution in [0.4, 0.5) is 0 Å². The van der Waals surface area contributed by atoms with E-state index in [2.05, 4.69) is 10.0 Å². The Bertz CT molecular complexity index is 692. The van der Waals surface area contributed by atoms with Crippen LogP contribution in [0.1, 0.15) is 11.1 Å². The van der Waals surface area contributed by atoms with Crippen LogP contribution in [-0.2, 0) is 31.7 Å². The first-order chi connectivity index (χ1) is 11.4. The van der Waals surface area contributed by atoms with Crippen molar-refractivity contribution in [1.82, 2.24) is 5.48 Å². The van der Waals surface area contributed by atoms with Crippen LogP contribution >= 0.6 is 18.2 Å². The van der Waals surface area contributed by atoms with Crippen molar-refractivity contribution >= 4 is 24.2 Å². The molecule has 2 aromatic carbocycles. The number of hydrogen-bond donors (Lipinski definition) is 2. The number of nitrogens with one attached hydrogen (secondary N) is 1. The van der Waals surface area contributed by atoms with Crippen molar-refractivity contribution in [2.24, 2.45) is 0 Å². The summed E-state index contributed by atoms with van der Waals surface area (Å²) in [6.07, 6.45) is 0.214. The number of carbonyl (C=O) groups is 1. The zero-order valence-corrected chi connectivity index (χ0v) is 14.3. The quantitative estimate of drug-likeness (QED) is 0.549. The summed E-state index contributed by atoms with van der Waals surface area (Å²) in [6, 6.07) is 17.5. The fourth-order valence-electron chi connectivity index (χ4n) is 2.00. The van der Waals surface area contributed by atoms with E-state index in [9.17, 15) is 9.36 Å². The van der Waals surface area contributed by atoms with E-state index in [1.165, 1.54) is 0 Å². The Morgan fingerprint density at radius 1 is 1.08 bits per heavy atom. The molecule has 0 aliphatic rings. The summed E-state index contributed by atoms with van der Waals surface area (Å²) in [4.78, 5) is 26.4. The number of hydroxylamine groups is 1. The standard InChI is InChI=1S/C16H17ClNO5P/c17-24(20,21)23-16(19)15(11-13-7-3-1-4-8-13)18-22-12-14-9-5-2-6-10-14/h1-10,15,18H,11-12H2,(H,20,21). The number of halogens is 1. The van der Waals surface area contributed by atoms with Crippen molar-refractivity contribution in [2.75, 3.05) is 0 Å². The highest BCUT2D eigenvalue weighted by molar-refractivity contribution is 7.80. The van der Waals surface area contributed by atoms with Crippen molar-refractivity contribution < 1.29 is 23.6 Å². The SMILES string of the molecule is O=C(OP(=O)(O)Cl)C(Cc1ccccc1)NOCc1ccccc1. The molecule has 0 bridgehead atoms. The van der Waals surface area contributed by atoms with Crippen molar-refractivity contribution in [3.8, 4) is 0 Å². The molecule has 2 rings (SSSR count). The highest BCUT2D eigenvalue weighted by Gasteiger charge is 2.28. The number of benzene rings is 2. The van der Waals surface area contributed by atoms with E-state index in [4.69, 9.17) is 21.0 Å². The maximum Gasteiger partial charge on any atom is 0.476 e. The second-order valence-corrected chi connectivity index (χ2v) is 7.36. The Labute approximate surface area is 144 Å². The average molecular weight is 370 g/mol. The van der Waals surface area contributed by atoms with Crippen LogP contribution in [0.3, 0.4) is 0 Å². The van der Waals surface area contributed by atoms with Gasteiger partial charge >= 0.3 is 12.9 Å². The van der Waals surface area contributed by atoms with E-state index < -0.39 is 19.0 Å². The van der Waals surface area contributed by atoms with Gasteiger partial charge < -0.3 is 9.42 Å². The van der Waals surface area contributed by atoms with E-state index in [0.717, 1.165) is 11.1 Å². The predicted molar refractivity (Wildman–Crippen MR) is 90.1 cm³/mol. The van der Waals surface area contributed by atoms with Crippen LogP contribution in [0.25, 0.3) is 0 Å². The van der Waals surface area contributed by atoms with E-state index in [1.54, 1.807) is 0 Å². The van der Waals surface area contributed by atoms with Crippen LogP contribution in [0.5, 0.6) is 0 Å². The maximum absolute atomic E-state index is 12.0. The normalized spacial score (nSPS) is 14.6. The van der Waals surface area contributed by atoms with E-state index in [0.29, 0.717) is 0 Å². The van der Waals surface area contributed by atoms with Gasteiger partial charge in [-0.15, -0.1) is 0 Å². The molecule has 0 spiro atoms. The molecule has 0 amide bonds. The van der Waals surface area contributed by atoms with Gasteiger partial charge in [-0.1, -0.05) is 60.7 Å². The minimum Gasteiger partial charge on any atom is -0.379 e. The van der Waals surface area contributed by atoms with Gasteiger partial charge in [-0.3, -0.25) is 4.84 Å². The van der Waals surface area contributed by atoms with Gasteiger partial charge in [0.1, 0.15) is 6.04 Å². The maximum atomic E-state index is 12.0. The van der Waals surface area contributed by atoms with Crippen molar-refractivity contribution in [3.63, 3.8) is 0 Å². The molecule has 0 aliphatic heterocycles. The van der Waals surface area contributed by atoms with Crippen LogP contribution in [0, 0.1) is 0 Å². The van der Waals surface area contributed by atoms with Gasteiger partial charge in [0.15, 0.2) is 0 Å².